The van der Waals surface area contributed by atoms with E-state index in [-0.39, 0.29) is 5.92 Å². The minimum Gasteiger partial charge on any atom is -0.339 e. The van der Waals surface area contributed by atoms with Gasteiger partial charge in [-0.3, -0.25) is 4.98 Å². The minimum atomic E-state index is -3.52. The molecular weight excluding hydrogens is 354 g/mol. The molecule has 8 nitrogen and oxygen atoms in total. The number of aromatic nitrogens is 4. The van der Waals surface area contributed by atoms with Crippen molar-refractivity contribution in [2.45, 2.75) is 24.7 Å². The lowest BCUT2D eigenvalue weighted by Gasteiger charge is -2.36. The Balaban J connectivity index is 1.50. The first-order valence-corrected chi connectivity index (χ1v) is 9.56. The molecule has 0 aliphatic carbocycles. The van der Waals surface area contributed by atoms with Gasteiger partial charge in [-0.25, -0.2) is 13.4 Å². The van der Waals surface area contributed by atoms with E-state index in [1.54, 1.807) is 31.6 Å². The third-order valence-corrected chi connectivity index (χ3v) is 6.37. The fourth-order valence-electron chi connectivity index (χ4n) is 2.83. The summed E-state index contributed by atoms with van der Waals surface area (Å²) in [4.78, 5) is 12.8. The summed E-state index contributed by atoms with van der Waals surface area (Å²) in [6.07, 6.45) is 4.66. The Labute approximate surface area is 151 Å². The topological polar surface area (TPSA) is 102 Å². The van der Waals surface area contributed by atoms with Gasteiger partial charge in [-0.15, -0.1) is 0 Å². The van der Waals surface area contributed by atoms with E-state index >= 15 is 0 Å². The van der Waals surface area contributed by atoms with Gasteiger partial charge in [-0.2, -0.15) is 9.29 Å². The summed E-state index contributed by atoms with van der Waals surface area (Å²) in [7, 11) is -3.52. The molecule has 0 amide bonds. The van der Waals surface area contributed by atoms with Crippen molar-refractivity contribution in [2.24, 2.45) is 0 Å². The fourth-order valence-corrected chi connectivity index (χ4v) is 4.67. The zero-order valence-corrected chi connectivity index (χ0v) is 15.1. The summed E-state index contributed by atoms with van der Waals surface area (Å²) < 4.78 is 32.4. The molecule has 26 heavy (non-hydrogen) atoms. The molecule has 1 aromatic carbocycles. The second-order valence-corrected chi connectivity index (χ2v) is 8.24. The van der Waals surface area contributed by atoms with Gasteiger partial charge in [-0.05, 0) is 31.0 Å². The highest BCUT2D eigenvalue weighted by Crippen LogP contribution is 2.33. The molecule has 3 heterocycles. The van der Waals surface area contributed by atoms with Crippen molar-refractivity contribution in [3.05, 3.63) is 53.8 Å². The van der Waals surface area contributed by atoms with Gasteiger partial charge in [0.1, 0.15) is 5.69 Å². The number of hydrogen-bond acceptors (Lipinski definition) is 7. The van der Waals surface area contributed by atoms with E-state index in [4.69, 9.17) is 4.52 Å². The largest absolute Gasteiger partial charge is 0.339 e. The molecule has 9 heteroatoms. The molecule has 134 valence electrons. The number of rotatable bonds is 4. The number of benzene rings is 1. The molecular formula is C17H17N5O3S. The lowest BCUT2D eigenvalue weighted by molar-refractivity contribution is 0.216. The molecule has 1 saturated heterocycles. The number of hydrogen-bond donors (Lipinski definition) is 0. The third kappa shape index (κ3) is 2.89. The molecule has 0 spiro atoms. The molecule has 0 saturated carbocycles. The molecule has 2 aromatic heterocycles. The maximum atomic E-state index is 12.8. The van der Waals surface area contributed by atoms with Gasteiger partial charge in [0, 0.05) is 25.5 Å². The van der Waals surface area contributed by atoms with Crippen LogP contribution in [0.5, 0.6) is 0 Å². The van der Waals surface area contributed by atoms with Crippen LogP contribution in [0.25, 0.3) is 11.5 Å². The average molecular weight is 371 g/mol. The first-order chi connectivity index (χ1) is 12.4. The highest BCUT2D eigenvalue weighted by Gasteiger charge is 2.41. The van der Waals surface area contributed by atoms with Crippen molar-refractivity contribution >= 4 is 10.0 Å². The smallest absolute Gasteiger partial charge is 0.243 e. The molecule has 0 atom stereocenters. The van der Waals surface area contributed by atoms with Crippen molar-refractivity contribution < 1.29 is 12.9 Å². The van der Waals surface area contributed by atoms with Gasteiger partial charge in [0.15, 0.2) is 0 Å². The van der Waals surface area contributed by atoms with E-state index in [0.717, 1.165) is 11.1 Å². The molecule has 3 aromatic rings. The van der Waals surface area contributed by atoms with Crippen LogP contribution in [0.15, 0.2) is 46.2 Å². The van der Waals surface area contributed by atoms with Crippen LogP contribution in [-0.4, -0.2) is 45.9 Å². The molecule has 0 unspecified atom stereocenters. The summed E-state index contributed by atoms with van der Waals surface area (Å²) >= 11 is 0. The highest BCUT2D eigenvalue weighted by molar-refractivity contribution is 7.89. The highest BCUT2D eigenvalue weighted by atomic mass is 32.2. The molecule has 0 bridgehead atoms. The van der Waals surface area contributed by atoms with Gasteiger partial charge in [0.05, 0.1) is 17.0 Å². The Morgan fingerprint density at radius 3 is 2.73 bits per heavy atom. The number of aryl methyl sites for hydroxylation is 2. The first-order valence-electron chi connectivity index (χ1n) is 8.12. The second kappa shape index (κ2) is 6.26. The Hall–Kier alpha value is -2.65. The van der Waals surface area contributed by atoms with Crippen molar-refractivity contribution in [2.75, 3.05) is 13.1 Å². The van der Waals surface area contributed by atoms with E-state index in [1.165, 1.54) is 4.31 Å². The van der Waals surface area contributed by atoms with Crippen LogP contribution in [0.3, 0.4) is 0 Å². The monoisotopic (exact) mass is 371 g/mol. The van der Waals surface area contributed by atoms with Gasteiger partial charge in [0.25, 0.3) is 0 Å². The summed E-state index contributed by atoms with van der Waals surface area (Å²) in [5.74, 6) is 0.648. The lowest BCUT2D eigenvalue weighted by Crippen LogP contribution is -2.48. The van der Waals surface area contributed by atoms with Crippen LogP contribution in [0.4, 0.5) is 0 Å². The fraction of sp³-hybridized carbons (Fsp3) is 0.294. The van der Waals surface area contributed by atoms with E-state index in [9.17, 15) is 8.42 Å². The summed E-state index contributed by atoms with van der Waals surface area (Å²) in [6, 6.07) is 5.43. The van der Waals surface area contributed by atoms with Crippen LogP contribution in [0.1, 0.15) is 22.9 Å². The zero-order valence-electron chi connectivity index (χ0n) is 14.3. The normalized spacial score (nSPS) is 15.8. The Bertz CT molecular complexity index is 1040. The lowest BCUT2D eigenvalue weighted by atomic mass is 10.0. The Kier molecular flexibility index (Phi) is 4.04. The Morgan fingerprint density at radius 2 is 2.00 bits per heavy atom. The van der Waals surface area contributed by atoms with E-state index < -0.39 is 10.0 Å². The summed E-state index contributed by atoms with van der Waals surface area (Å²) in [6.45, 7) is 4.31. The maximum absolute atomic E-state index is 12.8. The van der Waals surface area contributed by atoms with Crippen molar-refractivity contribution in [3.63, 3.8) is 0 Å². The van der Waals surface area contributed by atoms with Gasteiger partial charge in [-0.1, -0.05) is 17.3 Å². The van der Waals surface area contributed by atoms with Crippen LogP contribution in [0.2, 0.25) is 0 Å². The standard InChI is InChI=1S/C17H17N5O3S/c1-11-3-4-12(2)15(7-11)26(23,24)22-9-13(10-22)17-20-16(21-25-17)14-8-18-5-6-19-14/h3-8,13H,9-10H2,1-2H3. The summed E-state index contributed by atoms with van der Waals surface area (Å²) in [5, 5.41) is 3.90. The predicted octanol–water partition coefficient (Wildman–Crippen LogP) is 1.93. The quantitative estimate of drug-likeness (QED) is 0.690. The first kappa shape index (κ1) is 16.8. The van der Waals surface area contributed by atoms with Crippen LogP contribution in [0, 0.1) is 13.8 Å². The SMILES string of the molecule is Cc1ccc(C)c(S(=O)(=O)N2CC(c3nc(-c4cnccn4)no3)C2)c1. The van der Waals surface area contributed by atoms with Crippen LogP contribution < -0.4 is 0 Å². The minimum absolute atomic E-state index is 0.118. The van der Waals surface area contributed by atoms with Crippen molar-refractivity contribution in [1.29, 1.82) is 0 Å². The zero-order chi connectivity index (χ0) is 18.3. The molecule has 1 aliphatic rings. The van der Waals surface area contributed by atoms with Crippen molar-refractivity contribution in [3.8, 4) is 11.5 Å². The Morgan fingerprint density at radius 1 is 1.19 bits per heavy atom. The maximum Gasteiger partial charge on any atom is 0.243 e. The molecule has 0 radical (unpaired) electrons. The van der Waals surface area contributed by atoms with Crippen molar-refractivity contribution in [1.82, 2.24) is 24.4 Å². The molecule has 1 aliphatic heterocycles. The van der Waals surface area contributed by atoms with Crippen LogP contribution >= 0.6 is 0 Å². The average Bonchev–Trinajstić information content (AvgIpc) is 3.06. The summed E-state index contributed by atoms with van der Waals surface area (Å²) in [5.41, 5.74) is 2.17. The number of sulfonamides is 1. The van der Waals surface area contributed by atoms with Gasteiger partial charge < -0.3 is 4.52 Å². The van der Waals surface area contributed by atoms with Crippen LogP contribution in [-0.2, 0) is 10.0 Å². The molecule has 1 fully saturated rings. The second-order valence-electron chi connectivity index (χ2n) is 6.33. The predicted molar refractivity (Wildman–Crippen MR) is 92.7 cm³/mol. The molecule has 4 rings (SSSR count). The van der Waals surface area contributed by atoms with Gasteiger partial charge in [0.2, 0.25) is 21.7 Å². The van der Waals surface area contributed by atoms with E-state index in [0.29, 0.717) is 35.4 Å². The third-order valence-electron chi connectivity index (χ3n) is 4.39. The molecule has 0 N–H and O–H groups in total. The van der Waals surface area contributed by atoms with E-state index in [2.05, 4.69) is 20.1 Å². The van der Waals surface area contributed by atoms with Gasteiger partial charge >= 0.3 is 0 Å². The number of nitrogens with zero attached hydrogens (tertiary/aromatic N) is 5. The van der Waals surface area contributed by atoms with E-state index in [1.807, 2.05) is 19.1 Å².